The SMILES string of the molecule is O=C1CC[C@@H](NC(=O)c2ccc(N3CCN(CC4CCN(c5ccc(-c6cnc7[nH]cc(C(=O)c8c(F)ccc(NS(=O)(=O)N9CC[C@@H](F)C9)c8F)c7c6)cc5)CC4)CC3)cc2F)C(=O)N1. The van der Waals surface area contributed by atoms with Crippen LogP contribution in [0.5, 0.6) is 0 Å². The molecule has 9 rings (SSSR count). The predicted molar refractivity (Wildman–Crippen MR) is 239 cm³/mol. The van der Waals surface area contributed by atoms with Crippen LogP contribution >= 0.6 is 0 Å². The van der Waals surface area contributed by atoms with Crippen LogP contribution in [0.1, 0.15) is 58.4 Å². The van der Waals surface area contributed by atoms with Crippen molar-refractivity contribution in [1.29, 1.82) is 0 Å². The molecule has 346 valence electrons. The number of alkyl halides is 1. The van der Waals surface area contributed by atoms with Crippen LogP contribution in [-0.4, -0.2) is 122 Å². The van der Waals surface area contributed by atoms with Gasteiger partial charge in [-0.15, -0.1) is 0 Å². The van der Waals surface area contributed by atoms with Gasteiger partial charge in [-0.05, 0) is 85.7 Å². The van der Waals surface area contributed by atoms with Crippen LogP contribution in [0.2, 0.25) is 0 Å². The lowest BCUT2D eigenvalue weighted by Gasteiger charge is -2.40. The van der Waals surface area contributed by atoms with E-state index < -0.39 is 81.2 Å². The number of ketones is 1. The fourth-order valence-corrected chi connectivity index (χ4v) is 10.4. The maximum atomic E-state index is 15.8. The molecule has 66 heavy (non-hydrogen) atoms. The molecular formula is C46H47F4N9O6S. The number of carbonyl (C=O) groups excluding carboxylic acids is 4. The van der Waals surface area contributed by atoms with E-state index in [0.717, 1.165) is 73.3 Å². The van der Waals surface area contributed by atoms with Gasteiger partial charge >= 0.3 is 10.2 Å². The van der Waals surface area contributed by atoms with E-state index in [1.54, 1.807) is 18.3 Å². The second-order valence-corrected chi connectivity index (χ2v) is 18.9. The highest BCUT2D eigenvalue weighted by molar-refractivity contribution is 7.90. The number of nitrogens with zero attached hydrogens (tertiary/aromatic N) is 5. The maximum Gasteiger partial charge on any atom is 0.301 e. The number of amides is 3. The molecule has 5 aromatic rings. The first-order valence-electron chi connectivity index (χ1n) is 21.9. The largest absolute Gasteiger partial charge is 0.372 e. The molecular weight excluding hydrogens is 883 g/mol. The fraction of sp³-hybridized carbons (Fsp3) is 0.370. The van der Waals surface area contributed by atoms with E-state index in [-0.39, 0.29) is 36.9 Å². The number of aromatic amines is 1. The van der Waals surface area contributed by atoms with Gasteiger partial charge in [-0.3, -0.25) is 34.1 Å². The zero-order valence-corrected chi connectivity index (χ0v) is 36.5. The standard InChI is InChI=1S/C46H47F4N9O6S/c47-30-13-16-59(26-30)66(64,65)55-38-8-7-36(48)41(42(38)50)43(61)35-24-52-44-34(35)21-29(23-51-44)28-1-3-31(4-2-28)57-14-11-27(12-15-57)25-56-17-19-58(20-18-56)32-5-6-33(37(49)22-32)45(62)53-39-9-10-40(60)54-46(39)63/h1-8,21-24,27,30,39,55H,9-20,25-26H2,(H,51,52)(H,53,62)(H,54,60,63)/t30-,39-/m1/s1. The van der Waals surface area contributed by atoms with E-state index in [1.807, 2.05) is 29.0 Å². The summed E-state index contributed by atoms with van der Waals surface area (Å²) in [6, 6.07) is 14.9. The van der Waals surface area contributed by atoms with E-state index in [4.69, 9.17) is 0 Å². The highest BCUT2D eigenvalue weighted by atomic mass is 32.2. The molecule has 3 amide bonds. The molecule has 0 unspecified atom stereocenters. The van der Waals surface area contributed by atoms with Gasteiger partial charge in [0, 0.05) is 106 Å². The molecule has 4 N–H and O–H groups in total. The van der Waals surface area contributed by atoms with Crippen molar-refractivity contribution in [2.24, 2.45) is 5.92 Å². The number of hydrogen-bond acceptors (Lipinski definition) is 10. The Morgan fingerprint density at radius 2 is 1.52 bits per heavy atom. The maximum absolute atomic E-state index is 15.8. The van der Waals surface area contributed by atoms with E-state index in [1.165, 1.54) is 18.3 Å². The van der Waals surface area contributed by atoms with Crippen molar-refractivity contribution in [2.75, 3.05) is 73.4 Å². The number of piperidine rings is 2. The summed E-state index contributed by atoms with van der Waals surface area (Å²) in [4.78, 5) is 64.1. The molecule has 4 aliphatic rings. The number of pyridine rings is 1. The quantitative estimate of drug-likeness (QED) is 0.0743. The topological polar surface area (TPSA) is 180 Å². The van der Waals surface area contributed by atoms with Crippen molar-refractivity contribution < 1.29 is 45.2 Å². The average Bonchev–Trinajstić information content (AvgIpc) is 3.95. The first-order valence-corrected chi connectivity index (χ1v) is 23.3. The monoisotopic (exact) mass is 929 g/mol. The third kappa shape index (κ3) is 9.34. The Morgan fingerprint density at radius 1 is 0.788 bits per heavy atom. The summed E-state index contributed by atoms with van der Waals surface area (Å²) >= 11 is 0. The minimum Gasteiger partial charge on any atom is -0.372 e. The molecule has 2 atom stereocenters. The summed E-state index contributed by atoms with van der Waals surface area (Å²) in [5, 5.41) is 5.02. The van der Waals surface area contributed by atoms with Gasteiger partial charge < -0.3 is 20.1 Å². The lowest BCUT2D eigenvalue weighted by Crippen LogP contribution is -2.52. The number of imide groups is 1. The highest BCUT2D eigenvalue weighted by Crippen LogP contribution is 2.32. The number of carbonyl (C=O) groups is 4. The predicted octanol–water partition coefficient (Wildman–Crippen LogP) is 5.15. The van der Waals surface area contributed by atoms with Crippen molar-refractivity contribution >= 4 is 61.8 Å². The van der Waals surface area contributed by atoms with Gasteiger partial charge in [0.1, 0.15) is 29.5 Å². The van der Waals surface area contributed by atoms with Crippen molar-refractivity contribution in [1.82, 2.24) is 29.8 Å². The van der Waals surface area contributed by atoms with E-state index in [2.05, 4.69) is 35.3 Å². The summed E-state index contributed by atoms with van der Waals surface area (Å²) < 4.78 is 88.2. The first-order chi connectivity index (χ1) is 31.7. The zero-order chi connectivity index (χ0) is 46.3. The number of halogens is 4. The molecule has 0 saturated carbocycles. The smallest absolute Gasteiger partial charge is 0.301 e. The van der Waals surface area contributed by atoms with Crippen LogP contribution < -0.4 is 25.2 Å². The van der Waals surface area contributed by atoms with E-state index >= 15 is 13.2 Å². The lowest BCUT2D eigenvalue weighted by molar-refractivity contribution is -0.134. The molecule has 2 aromatic heterocycles. The van der Waals surface area contributed by atoms with Gasteiger partial charge in [-0.1, -0.05) is 12.1 Å². The molecule has 0 bridgehead atoms. The van der Waals surface area contributed by atoms with Crippen LogP contribution in [0, 0.1) is 23.4 Å². The fourth-order valence-electron chi connectivity index (χ4n) is 9.18. The van der Waals surface area contributed by atoms with Crippen molar-refractivity contribution in [3.63, 3.8) is 0 Å². The number of aromatic nitrogens is 2. The molecule has 4 saturated heterocycles. The van der Waals surface area contributed by atoms with Gasteiger partial charge in [-0.25, -0.2) is 22.5 Å². The second kappa shape index (κ2) is 18.5. The number of hydrogen-bond donors (Lipinski definition) is 4. The van der Waals surface area contributed by atoms with Crippen molar-refractivity contribution in [3.8, 4) is 11.1 Å². The summed E-state index contributed by atoms with van der Waals surface area (Å²) in [5.41, 5.74) is 1.72. The molecule has 0 radical (unpaired) electrons. The molecule has 20 heteroatoms. The van der Waals surface area contributed by atoms with E-state index in [9.17, 15) is 32.0 Å². The number of H-pyrrole nitrogens is 1. The summed E-state index contributed by atoms with van der Waals surface area (Å²) in [6.07, 6.45) is 3.86. The van der Waals surface area contributed by atoms with Gasteiger partial charge in [0.05, 0.1) is 16.8 Å². The van der Waals surface area contributed by atoms with Gasteiger partial charge in [0.25, 0.3) is 5.91 Å². The Kier molecular flexibility index (Phi) is 12.5. The third-order valence-electron chi connectivity index (χ3n) is 12.9. The Labute approximate surface area is 377 Å². The summed E-state index contributed by atoms with van der Waals surface area (Å²) in [5.74, 6) is -5.45. The molecule has 6 heterocycles. The Morgan fingerprint density at radius 3 is 2.21 bits per heavy atom. The van der Waals surface area contributed by atoms with Crippen LogP contribution in [0.4, 0.5) is 34.6 Å². The van der Waals surface area contributed by atoms with Crippen molar-refractivity contribution in [3.05, 3.63) is 107 Å². The molecule has 15 nitrogen and oxygen atoms in total. The lowest BCUT2D eigenvalue weighted by atomic mass is 9.95. The van der Waals surface area contributed by atoms with Crippen molar-refractivity contribution in [2.45, 2.75) is 44.3 Å². The van der Waals surface area contributed by atoms with Gasteiger partial charge in [0.2, 0.25) is 17.6 Å². The number of piperazine rings is 1. The third-order valence-corrected chi connectivity index (χ3v) is 14.4. The van der Waals surface area contributed by atoms with Crippen LogP contribution in [0.3, 0.4) is 0 Å². The minimum absolute atomic E-state index is 0.00344. The van der Waals surface area contributed by atoms with Crippen LogP contribution in [0.25, 0.3) is 22.2 Å². The van der Waals surface area contributed by atoms with E-state index in [0.29, 0.717) is 41.3 Å². The Bertz CT molecular complexity index is 2810. The molecule has 4 aliphatic heterocycles. The van der Waals surface area contributed by atoms with Gasteiger partial charge in [0.15, 0.2) is 5.82 Å². The number of rotatable bonds is 12. The van der Waals surface area contributed by atoms with Crippen LogP contribution in [-0.2, 0) is 19.8 Å². The number of fused-ring (bicyclic) bond motifs is 1. The molecule has 0 spiro atoms. The number of benzene rings is 3. The highest BCUT2D eigenvalue weighted by Gasteiger charge is 2.34. The summed E-state index contributed by atoms with van der Waals surface area (Å²) in [6.45, 7) is 5.25. The Balaban J connectivity index is 0.774. The normalized spacial score (nSPS) is 20.2. The molecule has 4 fully saturated rings. The molecule has 0 aliphatic carbocycles. The minimum atomic E-state index is -4.36. The number of anilines is 3. The average molecular weight is 930 g/mol. The van der Waals surface area contributed by atoms with Gasteiger partial charge in [-0.2, -0.15) is 12.7 Å². The Hall–Kier alpha value is -6.38. The summed E-state index contributed by atoms with van der Waals surface area (Å²) in [7, 11) is -4.36. The van der Waals surface area contributed by atoms with Crippen LogP contribution in [0.15, 0.2) is 73.1 Å². The molecule has 3 aromatic carbocycles. The first kappa shape index (κ1) is 44.8. The number of nitrogens with one attached hydrogen (secondary N) is 4. The second-order valence-electron chi connectivity index (χ2n) is 17.2. The zero-order valence-electron chi connectivity index (χ0n) is 35.7.